The van der Waals surface area contributed by atoms with E-state index in [-0.39, 0.29) is 18.4 Å². The summed E-state index contributed by atoms with van der Waals surface area (Å²) in [5, 5.41) is 3.06. The van der Waals surface area contributed by atoms with Crippen molar-refractivity contribution in [3.05, 3.63) is 65.2 Å². The summed E-state index contributed by atoms with van der Waals surface area (Å²) < 4.78 is 5.57. The van der Waals surface area contributed by atoms with Gasteiger partial charge in [-0.15, -0.1) is 0 Å². The molecule has 138 valence electrons. The van der Waals surface area contributed by atoms with Crippen LogP contribution in [0.5, 0.6) is 5.75 Å². The van der Waals surface area contributed by atoms with Crippen LogP contribution in [0.2, 0.25) is 5.02 Å². The van der Waals surface area contributed by atoms with E-state index in [1.807, 2.05) is 37.3 Å². The summed E-state index contributed by atoms with van der Waals surface area (Å²) in [7, 11) is 1.57. The maximum absolute atomic E-state index is 12.8. The van der Waals surface area contributed by atoms with Crippen LogP contribution in [-0.4, -0.2) is 36.4 Å². The van der Waals surface area contributed by atoms with E-state index in [9.17, 15) is 9.59 Å². The van der Waals surface area contributed by atoms with Crippen LogP contribution in [0.3, 0.4) is 0 Å². The van der Waals surface area contributed by atoms with Crippen LogP contribution in [0.25, 0.3) is 0 Å². The van der Waals surface area contributed by atoms with Gasteiger partial charge >= 0.3 is 0 Å². The van der Waals surface area contributed by atoms with Gasteiger partial charge in [0.15, 0.2) is 6.61 Å². The zero-order valence-corrected chi connectivity index (χ0v) is 15.7. The van der Waals surface area contributed by atoms with E-state index in [1.165, 1.54) is 0 Å². The molecule has 2 aromatic rings. The van der Waals surface area contributed by atoms with Crippen LogP contribution in [0.15, 0.2) is 54.6 Å². The molecule has 1 atom stereocenters. The molecular formula is C20H23ClN2O3. The molecule has 2 amide bonds. The normalized spacial score (nSPS) is 11.5. The Morgan fingerprint density at radius 3 is 2.38 bits per heavy atom. The summed E-state index contributed by atoms with van der Waals surface area (Å²) in [6, 6.07) is 16.0. The van der Waals surface area contributed by atoms with E-state index in [4.69, 9.17) is 16.3 Å². The first-order valence-corrected chi connectivity index (χ1v) is 8.87. The number of carbonyl (C=O) groups excluding carboxylic acids is 2. The van der Waals surface area contributed by atoms with Gasteiger partial charge in [-0.05, 0) is 24.1 Å². The van der Waals surface area contributed by atoms with Gasteiger partial charge in [-0.2, -0.15) is 0 Å². The van der Waals surface area contributed by atoms with Crippen LogP contribution >= 0.6 is 11.6 Å². The van der Waals surface area contributed by atoms with Gasteiger partial charge in [-0.3, -0.25) is 9.59 Å². The Kier molecular flexibility index (Phi) is 7.48. The predicted molar refractivity (Wildman–Crippen MR) is 102 cm³/mol. The highest BCUT2D eigenvalue weighted by atomic mass is 35.5. The summed E-state index contributed by atoms with van der Waals surface area (Å²) >= 11 is 6.07. The molecule has 0 aliphatic heterocycles. The standard InChI is InChI=1S/C20H23ClN2O3/c1-3-17(20(25)22-2)23(13-15-9-5-4-6-10-15)19(24)14-26-18-12-8-7-11-16(18)21/h4-12,17H,3,13-14H2,1-2H3,(H,22,25). The number of benzene rings is 2. The van der Waals surface area contributed by atoms with E-state index >= 15 is 0 Å². The molecule has 0 heterocycles. The van der Waals surface area contributed by atoms with Gasteiger partial charge in [-0.1, -0.05) is 61.0 Å². The smallest absolute Gasteiger partial charge is 0.261 e. The van der Waals surface area contributed by atoms with Crippen molar-refractivity contribution in [2.45, 2.75) is 25.9 Å². The third kappa shape index (κ3) is 5.23. The first-order valence-electron chi connectivity index (χ1n) is 8.49. The minimum Gasteiger partial charge on any atom is -0.482 e. The number of carbonyl (C=O) groups is 2. The third-order valence-corrected chi connectivity index (χ3v) is 4.33. The molecule has 1 unspecified atom stereocenters. The third-order valence-electron chi connectivity index (χ3n) is 4.02. The van der Waals surface area contributed by atoms with Crippen molar-refractivity contribution in [3.8, 4) is 5.75 Å². The van der Waals surface area contributed by atoms with Crippen molar-refractivity contribution in [2.75, 3.05) is 13.7 Å². The molecule has 6 heteroatoms. The quantitative estimate of drug-likeness (QED) is 0.771. The molecule has 0 aliphatic carbocycles. The van der Waals surface area contributed by atoms with Gasteiger partial charge in [0.2, 0.25) is 5.91 Å². The molecule has 2 aromatic carbocycles. The van der Waals surface area contributed by atoms with Crippen LogP contribution in [0, 0.1) is 0 Å². The molecule has 0 saturated carbocycles. The average molecular weight is 375 g/mol. The monoisotopic (exact) mass is 374 g/mol. The number of halogens is 1. The second-order valence-electron chi connectivity index (χ2n) is 5.76. The lowest BCUT2D eigenvalue weighted by molar-refractivity contribution is -0.142. The molecule has 0 aromatic heterocycles. The van der Waals surface area contributed by atoms with Crippen molar-refractivity contribution in [3.63, 3.8) is 0 Å². The fourth-order valence-corrected chi connectivity index (χ4v) is 2.84. The SMILES string of the molecule is CCC(C(=O)NC)N(Cc1ccccc1)C(=O)COc1ccccc1Cl. The lowest BCUT2D eigenvalue weighted by atomic mass is 10.1. The zero-order valence-electron chi connectivity index (χ0n) is 14.9. The highest BCUT2D eigenvalue weighted by Crippen LogP contribution is 2.23. The van der Waals surface area contributed by atoms with E-state index in [0.29, 0.717) is 23.7 Å². The number of ether oxygens (including phenoxy) is 1. The Hall–Kier alpha value is -2.53. The van der Waals surface area contributed by atoms with Gasteiger partial charge in [0, 0.05) is 13.6 Å². The second-order valence-corrected chi connectivity index (χ2v) is 6.17. The van der Waals surface area contributed by atoms with Gasteiger partial charge in [0.05, 0.1) is 5.02 Å². The molecule has 0 radical (unpaired) electrons. The van der Waals surface area contributed by atoms with Crippen molar-refractivity contribution < 1.29 is 14.3 Å². The number of likely N-dealkylation sites (N-methyl/N-ethyl adjacent to an activating group) is 1. The molecule has 0 bridgehead atoms. The number of hydrogen-bond donors (Lipinski definition) is 1. The van der Waals surface area contributed by atoms with Crippen molar-refractivity contribution in [1.29, 1.82) is 0 Å². The molecule has 2 rings (SSSR count). The highest BCUT2D eigenvalue weighted by molar-refractivity contribution is 6.32. The average Bonchev–Trinajstić information content (AvgIpc) is 2.67. The summed E-state index contributed by atoms with van der Waals surface area (Å²) in [5.74, 6) is -0.0334. The summed E-state index contributed by atoms with van der Waals surface area (Å²) in [6.07, 6.45) is 0.504. The Labute approximate surface area is 158 Å². The Bertz CT molecular complexity index is 737. The van der Waals surface area contributed by atoms with Gasteiger partial charge in [0.1, 0.15) is 11.8 Å². The molecule has 5 nitrogen and oxygen atoms in total. The fourth-order valence-electron chi connectivity index (χ4n) is 2.65. The first kappa shape index (κ1) is 19.8. The lowest BCUT2D eigenvalue weighted by Gasteiger charge is -2.30. The van der Waals surface area contributed by atoms with E-state index in [2.05, 4.69) is 5.32 Å². The van der Waals surface area contributed by atoms with Crippen LogP contribution in [0.4, 0.5) is 0 Å². The summed E-state index contributed by atoms with van der Waals surface area (Å²) in [5.41, 5.74) is 0.945. The van der Waals surface area contributed by atoms with Crippen LogP contribution in [0.1, 0.15) is 18.9 Å². The number of amides is 2. The van der Waals surface area contributed by atoms with Crippen molar-refractivity contribution in [2.24, 2.45) is 0 Å². The fraction of sp³-hybridized carbons (Fsp3) is 0.300. The lowest BCUT2D eigenvalue weighted by Crippen LogP contribution is -2.49. The Morgan fingerprint density at radius 2 is 1.77 bits per heavy atom. The molecule has 1 N–H and O–H groups in total. The van der Waals surface area contributed by atoms with Crippen molar-refractivity contribution in [1.82, 2.24) is 10.2 Å². The number of para-hydroxylation sites is 1. The van der Waals surface area contributed by atoms with Crippen LogP contribution in [-0.2, 0) is 16.1 Å². The first-order chi connectivity index (χ1) is 12.6. The minimum atomic E-state index is -0.567. The maximum atomic E-state index is 12.8. The predicted octanol–water partition coefficient (Wildman–Crippen LogP) is 3.27. The molecule has 0 aliphatic rings. The van der Waals surface area contributed by atoms with E-state index in [0.717, 1.165) is 5.56 Å². The van der Waals surface area contributed by atoms with Gasteiger partial charge in [-0.25, -0.2) is 0 Å². The number of nitrogens with zero attached hydrogens (tertiary/aromatic N) is 1. The molecular weight excluding hydrogens is 352 g/mol. The summed E-state index contributed by atoms with van der Waals surface area (Å²) in [4.78, 5) is 26.6. The van der Waals surface area contributed by atoms with Crippen LogP contribution < -0.4 is 10.1 Å². The maximum Gasteiger partial charge on any atom is 0.261 e. The summed E-state index contributed by atoms with van der Waals surface area (Å²) in [6.45, 7) is 2.02. The van der Waals surface area contributed by atoms with Gasteiger partial charge < -0.3 is 15.0 Å². The van der Waals surface area contributed by atoms with Crippen molar-refractivity contribution >= 4 is 23.4 Å². The molecule has 0 spiro atoms. The Balaban J connectivity index is 2.17. The molecule has 0 saturated heterocycles. The van der Waals surface area contributed by atoms with Gasteiger partial charge in [0.25, 0.3) is 5.91 Å². The highest BCUT2D eigenvalue weighted by Gasteiger charge is 2.28. The number of hydrogen-bond acceptors (Lipinski definition) is 3. The zero-order chi connectivity index (χ0) is 18.9. The topological polar surface area (TPSA) is 58.6 Å². The van der Waals surface area contributed by atoms with E-state index in [1.54, 1.807) is 36.2 Å². The minimum absolute atomic E-state index is 0.190. The number of nitrogens with one attached hydrogen (secondary N) is 1. The largest absolute Gasteiger partial charge is 0.482 e. The van der Waals surface area contributed by atoms with E-state index < -0.39 is 6.04 Å². The molecule has 0 fully saturated rings. The Morgan fingerprint density at radius 1 is 1.12 bits per heavy atom. The molecule has 26 heavy (non-hydrogen) atoms. The second kappa shape index (κ2) is 9.82. The number of rotatable bonds is 8.